The lowest BCUT2D eigenvalue weighted by Gasteiger charge is -2.37. The highest BCUT2D eigenvalue weighted by atomic mass is 16.7. The number of ether oxygens (including phenoxy) is 4. The highest BCUT2D eigenvalue weighted by Gasteiger charge is 2.26. The summed E-state index contributed by atoms with van der Waals surface area (Å²) in [4.78, 5) is 4.58. The summed E-state index contributed by atoms with van der Waals surface area (Å²) in [6, 6.07) is 8.00. The first-order valence-electron chi connectivity index (χ1n) is 9.28. The smallest absolute Gasteiger partial charge is 0.231 e. The van der Waals surface area contributed by atoms with Gasteiger partial charge in [-0.25, -0.2) is 0 Å². The SMILES string of the molecule is CCN1CN(C)Cc2c1ccc1c2OCOc2cc(C)c(C)cc2OCO1. The lowest BCUT2D eigenvalue weighted by Crippen LogP contribution is -2.40. The Labute approximate surface area is 160 Å². The van der Waals surface area contributed by atoms with Crippen molar-refractivity contribution in [2.45, 2.75) is 27.3 Å². The van der Waals surface area contributed by atoms with E-state index in [1.807, 2.05) is 25.1 Å². The minimum Gasteiger partial charge on any atom is -0.454 e. The van der Waals surface area contributed by atoms with Gasteiger partial charge in [-0.3, -0.25) is 4.90 Å². The van der Waals surface area contributed by atoms with Crippen molar-refractivity contribution in [2.75, 3.05) is 38.7 Å². The third-order valence-corrected chi connectivity index (χ3v) is 5.17. The lowest BCUT2D eigenvalue weighted by molar-refractivity contribution is 0.0707. The van der Waals surface area contributed by atoms with Crippen molar-refractivity contribution in [2.24, 2.45) is 0 Å². The fourth-order valence-electron chi connectivity index (χ4n) is 3.57. The van der Waals surface area contributed by atoms with Crippen molar-refractivity contribution in [1.29, 1.82) is 0 Å². The van der Waals surface area contributed by atoms with Gasteiger partial charge in [-0.1, -0.05) is 0 Å². The Bertz CT molecular complexity index is 853. The van der Waals surface area contributed by atoms with Gasteiger partial charge in [0.05, 0.1) is 6.67 Å². The maximum atomic E-state index is 6.07. The summed E-state index contributed by atoms with van der Waals surface area (Å²) >= 11 is 0. The average molecular weight is 370 g/mol. The van der Waals surface area contributed by atoms with Gasteiger partial charge in [-0.15, -0.1) is 0 Å². The van der Waals surface area contributed by atoms with E-state index in [1.165, 1.54) is 5.69 Å². The number of aryl methyl sites for hydroxylation is 2. The number of hydrogen-bond donors (Lipinski definition) is 0. The second-order valence-electron chi connectivity index (χ2n) is 7.10. The fraction of sp³-hybridized carbons (Fsp3) is 0.429. The summed E-state index contributed by atoms with van der Waals surface area (Å²) in [5, 5.41) is 0. The molecule has 2 aromatic carbocycles. The zero-order valence-corrected chi connectivity index (χ0v) is 16.4. The summed E-state index contributed by atoms with van der Waals surface area (Å²) in [5.41, 5.74) is 4.59. The minimum absolute atomic E-state index is 0.0986. The molecule has 4 rings (SSSR count). The lowest BCUT2D eigenvalue weighted by atomic mass is 10.1. The Morgan fingerprint density at radius 1 is 0.889 bits per heavy atom. The van der Waals surface area contributed by atoms with Gasteiger partial charge in [0.2, 0.25) is 13.6 Å². The summed E-state index contributed by atoms with van der Waals surface area (Å²) in [5.74, 6) is 2.74. The van der Waals surface area contributed by atoms with Crippen LogP contribution in [0.4, 0.5) is 5.69 Å². The molecule has 0 saturated heterocycles. The third kappa shape index (κ3) is 3.37. The molecule has 6 nitrogen and oxygen atoms in total. The molecule has 2 aromatic rings. The Balaban J connectivity index is 1.67. The molecule has 0 fully saturated rings. The molecule has 0 amide bonds. The van der Waals surface area contributed by atoms with Crippen LogP contribution in [0.5, 0.6) is 23.0 Å². The van der Waals surface area contributed by atoms with Crippen LogP contribution in [-0.2, 0) is 6.54 Å². The first-order chi connectivity index (χ1) is 13.1. The molecule has 0 bridgehead atoms. The number of nitrogens with zero attached hydrogens (tertiary/aromatic N) is 2. The Hall–Kier alpha value is -2.60. The molecule has 2 heterocycles. The highest BCUT2D eigenvalue weighted by Crippen LogP contribution is 2.41. The standard InChI is InChI=1S/C21H26N2O4/c1-5-23-11-22(4)10-16-17(23)6-7-18-21(16)27-13-26-20-9-15(3)14(2)8-19(20)25-12-24-18/h6-9H,5,10-13H2,1-4H3. The molecule has 0 N–H and O–H groups in total. The van der Waals surface area contributed by atoms with E-state index in [1.54, 1.807) is 0 Å². The van der Waals surface area contributed by atoms with Crippen LogP contribution in [0.25, 0.3) is 0 Å². The van der Waals surface area contributed by atoms with E-state index in [0.717, 1.165) is 42.2 Å². The zero-order chi connectivity index (χ0) is 19.0. The number of rotatable bonds is 1. The molecule has 0 atom stereocenters. The third-order valence-electron chi connectivity index (χ3n) is 5.17. The molecular formula is C21H26N2O4. The average Bonchev–Trinajstić information content (AvgIpc) is 2.65. The number of hydrogen-bond acceptors (Lipinski definition) is 6. The van der Waals surface area contributed by atoms with Crippen molar-refractivity contribution in [3.63, 3.8) is 0 Å². The summed E-state index contributed by atoms with van der Waals surface area (Å²) in [7, 11) is 2.10. The van der Waals surface area contributed by atoms with Gasteiger partial charge in [-0.2, -0.15) is 0 Å². The second kappa shape index (κ2) is 7.19. The molecule has 0 unspecified atom stereocenters. The fourth-order valence-corrected chi connectivity index (χ4v) is 3.57. The van der Waals surface area contributed by atoms with Crippen molar-refractivity contribution in [1.82, 2.24) is 4.90 Å². The largest absolute Gasteiger partial charge is 0.454 e. The predicted octanol–water partition coefficient (Wildman–Crippen LogP) is 3.68. The molecule has 0 spiro atoms. The van der Waals surface area contributed by atoms with E-state index in [9.17, 15) is 0 Å². The van der Waals surface area contributed by atoms with E-state index >= 15 is 0 Å². The maximum Gasteiger partial charge on any atom is 0.231 e. The summed E-state index contributed by atoms with van der Waals surface area (Å²) in [6.45, 7) is 9.08. The summed E-state index contributed by atoms with van der Waals surface area (Å²) < 4.78 is 23.7. The molecule has 6 heteroatoms. The van der Waals surface area contributed by atoms with Gasteiger partial charge in [-0.05, 0) is 63.2 Å². The van der Waals surface area contributed by atoms with Gasteiger partial charge >= 0.3 is 0 Å². The topological polar surface area (TPSA) is 43.4 Å². The normalized spacial score (nSPS) is 16.7. The van der Waals surface area contributed by atoms with Crippen LogP contribution in [-0.4, -0.2) is 38.7 Å². The van der Waals surface area contributed by atoms with Crippen molar-refractivity contribution >= 4 is 5.69 Å². The molecule has 0 radical (unpaired) electrons. The minimum atomic E-state index is 0.0986. The van der Waals surface area contributed by atoms with Gasteiger partial charge in [0.1, 0.15) is 0 Å². The monoisotopic (exact) mass is 370 g/mol. The van der Waals surface area contributed by atoms with Gasteiger partial charge < -0.3 is 23.8 Å². The molecule has 0 saturated carbocycles. The van der Waals surface area contributed by atoms with E-state index in [2.05, 4.69) is 36.8 Å². The maximum absolute atomic E-state index is 6.07. The second-order valence-corrected chi connectivity index (χ2v) is 7.10. The van der Waals surface area contributed by atoms with Crippen LogP contribution >= 0.6 is 0 Å². The predicted molar refractivity (Wildman–Crippen MR) is 104 cm³/mol. The van der Waals surface area contributed by atoms with Gasteiger partial charge in [0.25, 0.3) is 0 Å². The molecule has 0 aromatic heterocycles. The highest BCUT2D eigenvalue weighted by molar-refractivity contribution is 5.65. The van der Waals surface area contributed by atoms with Crippen LogP contribution in [0, 0.1) is 13.8 Å². The van der Waals surface area contributed by atoms with E-state index < -0.39 is 0 Å². The Morgan fingerprint density at radius 2 is 1.52 bits per heavy atom. The van der Waals surface area contributed by atoms with Gasteiger partial charge in [0.15, 0.2) is 23.0 Å². The van der Waals surface area contributed by atoms with Crippen LogP contribution in [0.1, 0.15) is 23.6 Å². The zero-order valence-electron chi connectivity index (χ0n) is 16.4. The Morgan fingerprint density at radius 3 is 2.19 bits per heavy atom. The molecule has 0 aliphatic carbocycles. The molecule has 144 valence electrons. The molecular weight excluding hydrogens is 344 g/mol. The first-order valence-corrected chi connectivity index (χ1v) is 9.28. The van der Waals surface area contributed by atoms with Crippen LogP contribution < -0.4 is 23.8 Å². The van der Waals surface area contributed by atoms with Crippen molar-refractivity contribution in [3.8, 4) is 23.0 Å². The molecule has 27 heavy (non-hydrogen) atoms. The first kappa shape index (κ1) is 17.8. The van der Waals surface area contributed by atoms with Crippen molar-refractivity contribution < 1.29 is 18.9 Å². The van der Waals surface area contributed by atoms with E-state index in [-0.39, 0.29) is 13.6 Å². The number of fused-ring (bicyclic) bond motifs is 4. The molecule has 2 aliphatic rings. The molecule has 2 aliphatic heterocycles. The number of benzene rings is 2. The quantitative estimate of drug-likeness (QED) is 0.763. The van der Waals surface area contributed by atoms with E-state index in [0.29, 0.717) is 17.2 Å². The number of anilines is 1. The summed E-state index contributed by atoms with van der Waals surface area (Å²) in [6.07, 6.45) is 0. The van der Waals surface area contributed by atoms with E-state index in [4.69, 9.17) is 18.9 Å². The van der Waals surface area contributed by atoms with Crippen molar-refractivity contribution in [3.05, 3.63) is 41.0 Å². The van der Waals surface area contributed by atoms with Crippen LogP contribution in [0.3, 0.4) is 0 Å². The van der Waals surface area contributed by atoms with Crippen LogP contribution in [0.2, 0.25) is 0 Å². The Kier molecular flexibility index (Phi) is 4.74. The van der Waals surface area contributed by atoms with Gasteiger partial charge in [0, 0.05) is 24.3 Å². The van der Waals surface area contributed by atoms with Crippen LogP contribution in [0.15, 0.2) is 24.3 Å².